The smallest absolute Gasteiger partial charge is 0.257 e. The van der Waals surface area contributed by atoms with Crippen molar-refractivity contribution in [3.8, 4) is 0 Å². The fourth-order valence-electron chi connectivity index (χ4n) is 2.26. The van der Waals surface area contributed by atoms with Crippen molar-refractivity contribution in [1.29, 1.82) is 0 Å². The number of carbonyl (C=O) groups excluding carboxylic acids is 1. The van der Waals surface area contributed by atoms with Gasteiger partial charge in [-0.3, -0.25) is 4.79 Å². The van der Waals surface area contributed by atoms with E-state index in [1.807, 2.05) is 31.2 Å². The fourth-order valence-corrected chi connectivity index (χ4v) is 3.48. The molecule has 0 fully saturated rings. The molecule has 0 saturated heterocycles. The maximum absolute atomic E-state index is 13.9. The van der Waals surface area contributed by atoms with Crippen LogP contribution in [0.2, 0.25) is 5.02 Å². The Morgan fingerprint density at radius 1 is 1.30 bits per heavy atom. The van der Waals surface area contributed by atoms with E-state index < -0.39 is 11.7 Å². The number of rotatable bonds is 3. The van der Waals surface area contributed by atoms with Gasteiger partial charge < -0.3 is 4.90 Å². The fraction of sp³-hybridized carbons (Fsp3) is 0.176. The quantitative estimate of drug-likeness (QED) is 0.673. The van der Waals surface area contributed by atoms with Gasteiger partial charge >= 0.3 is 0 Å². The number of benzene rings is 2. The van der Waals surface area contributed by atoms with Gasteiger partial charge in [-0.1, -0.05) is 23.7 Å². The SMILES string of the molecule is CC(c1nc2ccccc2s1)N(C)C(=O)c1ccc(Cl)cc1F. The van der Waals surface area contributed by atoms with Gasteiger partial charge in [-0.15, -0.1) is 11.3 Å². The average Bonchev–Trinajstić information content (AvgIpc) is 2.97. The molecule has 0 spiro atoms. The van der Waals surface area contributed by atoms with Crippen LogP contribution in [0.25, 0.3) is 10.2 Å². The molecule has 1 aromatic heterocycles. The van der Waals surface area contributed by atoms with Crippen molar-refractivity contribution in [2.75, 3.05) is 7.05 Å². The zero-order valence-corrected chi connectivity index (χ0v) is 14.2. The third-order valence-electron chi connectivity index (χ3n) is 3.73. The van der Waals surface area contributed by atoms with E-state index in [0.717, 1.165) is 21.3 Å². The highest BCUT2D eigenvalue weighted by Crippen LogP contribution is 2.29. The van der Waals surface area contributed by atoms with Gasteiger partial charge in [0.2, 0.25) is 0 Å². The lowest BCUT2D eigenvalue weighted by Crippen LogP contribution is -2.30. The summed E-state index contributed by atoms with van der Waals surface area (Å²) in [6.45, 7) is 1.88. The van der Waals surface area contributed by atoms with E-state index in [0.29, 0.717) is 0 Å². The number of nitrogens with zero attached hydrogens (tertiary/aromatic N) is 2. The molecule has 0 saturated carbocycles. The third-order valence-corrected chi connectivity index (χ3v) is 5.17. The van der Waals surface area contributed by atoms with Crippen LogP contribution < -0.4 is 0 Å². The Hall–Kier alpha value is -1.98. The molecule has 0 radical (unpaired) electrons. The number of fused-ring (bicyclic) bond motifs is 1. The Balaban J connectivity index is 1.89. The summed E-state index contributed by atoms with van der Waals surface area (Å²) >= 11 is 7.26. The molecule has 0 aliphatic rings. The molecule has 0 N–H and O–H groups in total. The molecular weight excluding hydrogens is 335 g/mol. The summed E-state index contributed by atoms with van der Waals surface area (Å²) in [5, 5.41) is 1.08. The van der Waals surface area contributed by atoms with Crippen molar-refractivity contribution in [1.82, 2.24) is 9.88 Å². The van der Waals surface area contributed by atoms with Crippen LogP contribution in [0.1, 0.15) is 28.3 Å². The van der Waals surface area contributed by atoms with E-state index in [1.54, 1.807) is 7.05 Å². The molecule has 3 nitrogen and oxygen atoms in total. The van der Waals surface area contributed by atoms with Crippen molar-refractivity contribution in [2.45, 2.75) is 13.0 Å². The van der Waals surface area contributed by atoms with Crippen molar-refractivity contribution < 1.29 is 9.18 Å². The van der Waals surface area contributed by atoms with Crippen molar-refractivity contribution in [3.63, 3.8) is 0 Å². The highest BCUT2D eigenvalue weighted by molar-refractivity contribution is 7.18. The van der Waals surface area contributed by atoms with Crippen LogP contribution in [0.15, 0.2) is 42.5 Å². The molecule has 0 aliphatic heterocycles. The minimum Gasteiger partial charge on any atom is -0.332 e. The Kier molecular flexibility index (Phi) is 4.33. The van der Waals surface area contributed by atoms with Crippen molar-refractivity contribution in [2.24, 2.45) is 0 Å². The second-order valence-corrected chi connectivity index (χ2v) is 6.73. The lowest BCUT2D eigenvalue weighted by molar-refractivity contribution is 0.0738. The molecule has 1 atom stereocenters. The number of aromatic nitrogens is 1. The number of hydrogen-bond donors (Lipinski definition) is 0. The topological polar surface area (TPSA) is 33.2 Å². The number of hydrogen-bond acceptors (Lipinski definition) is 3. The van der Waals surface area contributed by atoms with Crippen LogP contribution in [0.4, 0.5) is 4.39 Å². The van der Waals surface area contributed by atoms with E-state index in [-0.39, 0.29) is 16.6 Å². The van der Waals surface area contributed by atoms with Gasteiger partial charge in [0.25, 0.3) is 5.91 Å². The van der Waals surface area contributed by atoms with E-state index in [9.17, 15) is 9.18 Å². The highest BCUT2D eigenvalue weighted by Gasteiger charge is 2.23. The van der Waals surface area contributed by atoms with E-state index in [2.05, 4.69) is 4.98 Å². The Bertz CT molecular complexity index is 847. The van der Waals surface area contributed by atoms with Crippen LogP contribution in [0, 0.1) is 5.82 Å². The summed E-state index contributed by atoms with van der Waals surface area (Å²) < 4.78 is 15.0. The van der Waals surface area contributed by atoms with Crippen LogP contribution in [-0.2, 0) is 0 Å². The average molecular weight is 349 g/mol. The summed E-state index contributed by atoms with van der Waals surface area (Å²) in [7, 11) is 1.65. The lowest BCUT2D eigenvalue weighted by atomic mass is 10.1. The van der Waals surface area contributed by atoms with Crippen LogP contribution in [0.3, 0.4) is 0 Å². The molecule has 0 aliphatic carbocycles. The van der Waals surface area contributed by atoms with E-state index >= 15 is 0 Å². The van der Waals surface area contributed by atoms with Gasteiger partial charge in [0, 0.05) is 12.1 Å². The molecule has 1 amide bonds. The number of para-hydroxylation sites is 1. The number of amides is 1. The van der Waals surface area contributed by atoms with Crippen molar-refractivity contribution in [3.05, 3.63) is 63.9 Å². The summed E-state index contributed by atoms with van der Waals surface area (Å²) in [5.74, 6) is -1.02. The first-order valence-corrected chi connectivity index (χ1v) is 8.24. The third kappa shape index (κ3) is 3.07. The lowest BCUT2D eigenvalue weighted by Gasteiger charge is -2.23. The first-order chi connectivity index (χ1) is 11.0. The largest absolute Gasteiger partial charge is 0.332 e. The van der Waals surface area contributed by atoms with Gasteiger partial charge in [0.05, 0.1) is 21.8 Å². The molecule has 0 bridgehead atoms. The molecule has 1 unspecified atom stereocenters. The first kappa shape index (κ1) is 15.9. The monoisotopic (exact) mass is 348 g/mol. The highest BCUT2D eigenvalue weighted by atomic mass is 35.5. The summed E-state index contributed by atoms with van der Waals surface area (Å²) in [6.07, 6.45) is 0. The van der Waals surface area contributed by atoms with Crippen LogP contribution in [0.5, 0.6) is 0 Å². The van der Waals surface area contributed by atoms with E-state index in [1.165, 1.54) is 28.4 Å². The Morgan fingerprint density at radius 3 is 2.74 bits per heavy atom. The zero-order chi connectivity index (χ0) is 16.6. The van der Waals surface area contributed by atoms with Crippen molar-refractivity contribution >= 4 is 39.1 Å². The predicted molar refractivity (Wildman–Crippen MR) is 91.5 cm³/mol. The molecular formula is C17H14ClFN2OS. The maximum Gasteiger partial charge on any atom is 0.257 e. The molecule has 1 heterocycles. The Morgan fingerprint density at radius 2 is 2.04 bits per heavy atom. The maximum atomic E-state index is 13.9. The van der Waals surface area contributed by atoms with Gasteiger partial charge in [-0.25, -0.2) is 9.37 Å². The van der Waals surface area contributed by atoms with Gasteiger partial charge in [-0.05, 0) is 37.3 Å². The standard InChI is InChI=1S/C17H14ClFN2OS/c1-10(16-20-14-5-3-4-6-15(14)23-16)21(2)17(22)12-8-7-11(18)9-13(12)19/h3-10H,1-2H3. The molecule has 23 heavy (non-hydrogen) atoms. The van der Waals surface area contributed by atoms with Crippen LogP contribution >= 0.6 is 22.9 Å². The van der Waals surface area contributed by atoms with Crippen LogP contribution in [-0.4, -0.2) is 22.8 Å². The van der Waals surface area contributed by atoms with Gasteiger partial charge in [0.1, 0.15) is 10.8 Å². The molecule has 118 valence electrons. The van der Waals surface area contributed by atoms with E-state index in [4.69, 9.17) is 11.6 Å². The zero-order valence-electron chi connectivity index (χ0n) is 12.6. The minimum absolute atomic E-state index is 0.00450. The molecule has 6 heteroatoms. The summed E-state index contributed by atoms with van der Waals surface area (Å²) in [6, 6.07) is 11.6. The first-order valence-electron chi connectivity index (χ1n) is 7.05. The van der Waals surface area contributed by atoms with Gasteiger partial charge in [0.15, 0.2) is 0 Å². The molecule has 3 rings (SSSR count). The number of carbonyl (C=O) groups is 1. The predicted octanol–water partition coefficient (Wildman–Crippen LogP) is 4.92. The molecule has 2 aromatic carbocycles. The Labute approximate surface area is 142 Å². The number of thiazole rings is 1. The minimum atomic E-state index is -0.620. The summed E-state index contributed by atoms with van der Waals surface area (Å²) in [4.78, 5) is 18.6. The van der Waals surface area contributed by atoms with Gasteiger partial charge in [-0.2, -0.15) is 0 Å². The second kappa shape index (κ2) is 6.26. The second-order valence-electron chi connectivity index (χ2n) is 5.24. The normalized spacial score (nSPS) is 12.3. The summed E-state index contributed by atoms with van der Waals surface area (Å²) in [5.41, 5.74) is 0.905. The number of halogens is 2. The molecule has 3 aromatic rings.